The number of benzene rings is 1. The number of rotatable bonds is 16. The van der Waals surface area contributed by atoms with Crippen molar-refractivity contribution in [1.82, 2.24) is 9.97 Å². The lowest BCUT2D eigenvalue weighted by atomic mass is 10.2. The van der Waals surface area contributed by atoms with E-state index >= 15 is 0 Å². The van der Waals surface area contributed by atoms with E-state index in [9.17, 15) is 4.57 Å². The Hall–Kier alpha value is -1.77. The minimum absolute atomic E-state index is 0.0502. The van der Waals surface area contributed by atoms with Crippen LogP contribution in [0.1, 0.15) is 58.9 Å². The second-order valence-electron chi connectivity index (χ2n) is 6.79. The zero-order valence-electron chi connectivity index (χ0n) is 18.8. The molecule has 0 atom stereocenters. The Morgan fingerprint density at radius 2 is 1.35 bits per heavy atom. The second-order valence-corrected chi connectivity index (χ2v) is 8.63. The molecule has 1 heterocycles. The summed E-state index contributed by atoms with van der Waals surface area (Å²) in [6.07, 6.45) is 3.80. The molecule has 0 aliphatic rings. The molecule has 0 bridgehead atoms. The Kier molecular flexibility index (Phi) is 11.2. The van der Waals surface area contributed by atoms with Gasteiger partial charge in [-0.05, 0) is 44.4 Å². The van der Waals surface area contributed by atoms with E-state index in [2.05, 4.69) is 23.8 Å². The normalized spacial score (nSPS) is 11.7. The zero-order valence-corrected chi connectivity index (χ0v) is 19.7. The fraction of sp³-hybridized carbons (Fsp3) is 0.619. The van der Waals surface area contributed by atoms with E-state index in [1.54, 1.807) is 32.0 Å². The molecule has 1 aromatic carbocycles. The first-order valence-corrected chi connectivity index (χ1v) is 12.6. The smallest absolute Gasteiger partial charge is 0.388 e. The monoisotopic (exact) mass is 456 g/mol. The summed E-state index contributed by atoms with van der Waals surface area (Å²) in [7, 11) is -3.66. The van der Waals surface area contributed by atoms with Crippen molar-refractivity contribution < 1.29 is 33.2 Å². The number of hydrogen-bond donors (Lipinski definition) is 0. The molecule has 0 fully saturated rings. The van der Waals surface area contributed by atoms with Crippen molar-refractivity contribution in [2.75, 3.05) is 26.4 Å². The van der Waals surface area contributed by atoms with Crippen LogP contribution in [0.3, 0.4) is 0 Å². The Bertz CT molecular complexity index is 838. The molecule has 31 heavy (non-hydrogen) atoms. The summed E-state index contributed by atoms with van der Waals surface area (Å²) in [6, 6.07) is 5.33. The lowest BCUT2D eigenvalue weighted by Crippen LogP contribution is -2.06. The molecule has 174 valence electrons. The molecule has 0 saturated heterocycles. The topological polar surface area (TPSA) is 98.2 Å². The van der Waals surface area contributed by atoms with Gasteiger partial charge in [0, 0.05) is 0 Å². The first-order valence-electron chi connectivity index (χ1n) is 10.8. The summed E-state index contributed by atoms with van der Waals surface area (Å²) in [5.41, 5.74) is 1.90. The van der Waals surface area contributed by atoms with Crippen LogP contribution < -0.4 is 9.47 Å². The quantitative estimate of drug-likeness (QED) is 0.138. The summed E-state index contributed by atoms with van der Waals surface area (Å²) in [5, 5.41) is 0. The van der Waals surface area contributed by atoms with Crippen LogP contribution in [0.5, 0.6) is 11.8 Å². The van der Waals surface area contributed by atoms with E-state index < -0.39 is 7.60 Å². The van der Waals surface area contributed by atoms with E-state index in [0.29, 0.717) is 41.6 Å². The predicted octanol–water partition coefficient (Wildman–Crippen LogP) is 5.62. The van der Waals surface area contributed by atoms with Crippen LogP contribution in [0.2, 0.25) is 0 Å². The Morgan fingerprint density at radius 3 is 1.87 bits per heavy atom. The summed E-state index contributed by atoms with van der Waals surface area (Å²) in [6.45, 7) is 9.15. The molecule has 0 spiro atoms. The molecular weight excluding hydrogens is 423 g/mol. The molecule has 0 saturated carbocycles. The van der Waals surface area contributed by atoms with E-state index in [4.69, 9.17) is 28.6 Å². The van der Waals surface area contributed by atoms with Gasteiger partial charge in [-0.3, -0.25) is 4.57 Å². The van der Waals surface area contributed by atoms with Gasteiger partial charge in [-0.1, -0.05) is 32.8 Å². The number of aromatic nitrogens is 2. The summed E-state index contributed by atoms with van der Waals surface area (Å²) >= 11 is 0. The molecule has 10 heteroatoms. The molecule has 9 nitrogen and oxygen atoms in total. The minimum atomic E-state index is -3.66. The van der Waals surface area contributed by atoms with Gasteiger partial charge in [0.2, 0.25) is 0 Å². The molecule has 2 rings (SSSR count). The van der Waals surface area contributed by atoms with Crippen LogP contribution in [-0.2, 0) is 29.9 Å². The van der Waals surface area contributed by atoms with Gasteiger partial charge in [-0.15, -0.1) is 9.35 Å². The maximum Gasteiger partial charge on any atom is 0.388 e. The molecule has 0 N–H and O–H groups in total. The molecular formula is C21H33N2O7P. The van der Waals surface area contributed by atoms with E-state index in [1.165, 1.54) is 0 Å². The first kappa shape index (κ1) is 25.5. The van der Waals surface area contributed by atoms with Crippen LogP contribution in [0.15, 0.2) is 18.2 Å². The van der Waals surface area contributed by atoms with Gasteiger partial charge in [-0.25, -0.2) is 19.7 Å². The van der Waals surface area contributed by atoms with Gasteiger partial charge >= 0.3 is 7.60 Å². The standard InChI is InChI=1S/C21H33N2O7P/c1-5-9-13-25-20-21(26-14-10-6-2)23-19-15-17(11-12-18(19)22-20)16-31(24,29-27-7-3)30-28-8-4/h11-12,15H,5-10,13-14,16H2,1-4H3. The molecule has 0 amide bonds. The Morgan fingerprint density at radius 1 is 0.806 bits per heavy atom. The van der Waals surface area contributed by atoms with Gasteiger partial charge in [-0.2, -0.15) is 0 Å². The maximum absolute atomic E-state index is 12.9. The second kappa shape index (κ2) is 13.6. The number of unbranched alkanes of at least 4 members (excludes halogenated alkanes) is 2. The van der Waals surface area contributed by atoms with Gasteiger partial charge < -0.3 is 9.47 Å². The fourth-order valence-corrected chi connectivity index (χ4v) is 3.84. The van der Waals surface area contributed by atoms with Gasteiger partial charge in [0.15, 0.2) is 0 Å². The minimum Gasteiger partial charge on any atom is -0.474 e. The third-order valence-electron chi connectivity index (χ3n) is 4.08. The number of ether oxygens (including phenoxy) is 2. The molecule has 0 aliphatic heterocycles. The Balaban J connectivity index is 2.29. The number of nitrogens with zero attached hydrogens (tertiary/aromatic N) is 2. The van der Waals surface area contributed by atoms with Crippen molar-refractivity contribution in [1.29, 1.82) is 0 Å². The average molecular weight is 456 g/mol. The average Bonchev–Trinajstić information content (AvgIpc) is 2.77. The van der Waals surface area contributed by atoms with E-state index in [1.807, 2.05) is 0 Å². The highest BCUT2D eigenvalue weighted by molar-refractivity contribution is 7.52. The molecule has 1 aromatic heterocycles. The van der Waals surface area contributed by atoms with Crippen molar-refractivity contribution in [3.63, 3.8) is 0 Å². The van der Waals surface area contributed by atoms with Crippen LogP contribution in [0.25, 0.3) is 11.0 Å². The first-order chi connectivity index (χ1) is 15.0. The number of fused-ring (bicyclic) bond motifs is 1. The SMILES string of the molecule is CCCCOc1nc2ccc(CP(=O)(OOCC)OOCC)cc2nc1OCCCC. The van der Waals surface area contributed by atoms with E-state index in [0.717, 1.165) is 25.7 Å². The lowest BCUT2D eigenvalue weighted by molar-refractivity contribution is -0.263. The van der Waals surface area contributed by atoms with Crippen molar-refractivity contribution in [3.05, 3.63) is 23.8 Å². The van der Waals surface area contributed by atoms with Gasteiger partial charge in [0.05, 0.1) is 43.6 Å². The van der Waals surface area contributed by atoms with Crippen LogP contribution in [0.4, 0.5) is 0 Å². The summed E-state index contributed by atoms with van der Waals surface area (Å²) in [4.78, 5) is 18.9. The zero-order chi connectivity index (χ0) is 22.5. The largest absolute Gasteiger partial charge is 0.474 e. The van der Waals surface area contributed by atoms with Crippen molar-refractivity contribution >= 4 is 18.6 Å². The highest BCUT2D eigenvalue weighted by atomic mass is 31.2. The third kappa shape index (κ3) is 8.35. The van der Waals surface area contributed by atoms with E-state index in [-0.39, 0.29) is 19.4 Å². The molecule has 0 radical (unpaired) electrons. The highest BCUT2D eigenvalue weighted by Gasteiger charge is 2.29. The van der Waals surface area contributed by atoms with Crippen LogP contribution in [-0.4, -0.2) is 36.4 Å². The van der Waals surface area contributed by atoms with Crippen molar-refractivity contribution in [3.8, 4) is 11.8 Å². The summed E-state index contributed by atoms with van der Waals surface area (Å²) in [5.74, 6) is 0.739. The molecule has 0 aliphatic carbocycles. The highest BCUT2D eigenvalue weighted by Crippen LogP contribution is 2.52. The fourth-order valence-electron chi connectivity index (χ4n) is 2.54. The van der Waals surface area contributed by atoms with Gasteiger partial charge in [0.1, 0.15) is 0 Å². The van der Waals surface area contributed by atoms with Gasteiger partial charge in [0.25, 0.3) is 11.8 Å². The van der Waals surface area contributed by atoms with Crippen molar-refractivity contribution in [2.24, 2.45) is 0 Å². The maximum atomic E-state index is 12.9. The molecule has 2 aromatic rings. The van der Waals surface area contributed by atoms with Crippen molar-refractivity contribution in [2.45, 2.75) is 59.5 Å². The predicted molar refractivity (Wildman–Crippen MR) is 117 cm³/mol. The van der Waals surface area contributed by atoms with Crippen LogP contribution >= 0.6 is 7.60 Å². The molecule has 0 unspecified atom stereocenters. The third-order valence-corrected chi connectivity index (χ3v) is 5.50. The summed E-state index contributed by atoms with van der Waals surface area (Å²) < 4.78 is 34.5. The van der Waals surface area contributed by atoms with Crippen LogP contribution in [0, 0.1) is 0 Å². The lowest BCUT2D eigenvalue weighted by Gasteiger charge is -2.16. The number of hydrogen-bond acceptors (Lipinski definition) is 9. The Labute approximate surface area is 183 Å².